The molecule has 0 amide bonds. The third kappa shape index (κ3) is 2.46. The second-order valence-corrected chi connectivity index (χ2v) is 6.33. The van der Waals surface area contributed by atoms with Gasteiger partial charge in [0.1, 0.15) is 0 Å². The summed E-state index contributed by atoms with van der Waals surface area (Å²) in [5, 5.41) is 0. The Kier molecular flexibility index (Phi) is 3.56. The fourth-order valence-corrected chi connectivity index (χ4v) is 3.13. The summed E-state index contributed by atoms with van der Waals surface area (Å²) < 4.78 is 7.50. The van der Waals surface area contributed by atoms with Gasteiger partial charge in [0, 0.05) is 28.6 Å². The molecule has 0 aliphatic heterocycles. The predicted octanol–water partition coefficient (Wildman–Crippen LogP) is 3.48. The van der Waals surface area contributed by atoms with Crippen molar-refractivity contribution in [1.82, 2.24) is 14.4 Å². The van der Waals surface area contributed by atoms with Crippen molar-refractivity contribution >= 4 is 12.1 Å². The van der Waals surface area contributed by atoms with Crippen molar-refractivity contribution in [3.05, 3.63) is 47.3 Å². The van der Waals surface area contributed by atoms with Gasteiger partial charge in [0.25, 0.3) is 0 Å². The van der Waals surface area contributed by atoms with Gasteiger partial charge in [-0.25, -0.2) is 4.98 Å². The maximum Gasteiger partial charge on any atom is 0.237 e. The first-order chi connectivity index (χ1) is 11.7. The molecule has 24 heavy (non-hydrogen) atoms. The number of aromatic nitrogens is 3. The molecule has 2 heterocycles. The number of imidazole rings is 1. The van der Waals surface area contributed by atoms with Gasteiger partial charge in [-0.1, -0.05) is 24.3 Å². The van der Waals surface area contributed by atoms with Gasteiger partial charge in [-0.3, -0.25) is 9.20 Å². The molecule has 1 fully saturated rings. The number of carbonyl (C=O) groups excluding carboxylic acids is 1. The number of aryl methyl sites for hydroxylation is 1. The van der Waals surface area contributed by atoms with Crippen molar-refractivity contribution in [3.8, 4) is 17.1 Å². The highest BCUT2D eigenvalue weighted by molar-refractivity contribution is 5.86. The quantitative estimate of drug-likeness (QED) is 0.675. The number of fused-ring (bicyclic) bond motifs is 1. The monoisotopic (exact) mass is 321 g/mol. The third-order valence-corrected chi connectivity index (χ3v) is 4.69. The van der Waals surface area contributed by atoms with Crippen LogP contribution in [-0.2, 0) is 6.42 Å². The molecule has 1 aliphatic carbocycles. The first-order valence-electron chi connectivity index (χ1n) is 8.18. The number of nitrogens with zero attached hydrogens (tertiary/aromatic N) is 3. The first kappa shape index (κ1) is 14.9. The number of aldehydes is 1. The Morgan fingerprint density at radius 2 is 2.08 bits per heavy atom. The Balaban J connectivity index is 1.88. The molecule has 0 radical (unpaired) electrons. The summed E-state index contributed by atoms with van der Waals surface area (Å²) >= 11 is 0. The van der Waals surface area contributed by atoms with Crippen molar-refractivity contribution in [2.45, 2.75) is 26.2 Å². The van der Waals surface area contributed by atoms with E-state index in [-0.39, 0.29) is 0 Å². The van der Waals surface area contributed by atoms with Crippen molar-refractivity contribution < 1.29 is 9.53 Å². The molecular formula is C19H19N3O2. The Labute approximate surface area is 140 Å². The zero-order valence-electron chi connectivity index (χ0n) is 13.8. The zero-order valence-corrected chi connectivity index (χ0v) is 13.8. The number of methoxy groups -OCH3 is 1. The summed E-state index contributed by atoms with van der Waals surface area (Å²) in [4.78, 5) is 20.5. The topological polar surface area (TPSA) is 56.5 Å². The number of benzene rings is 1. The molecule has 0 atom stereocenters. The van der Waals surface area contributed by atoms with E-state index < -0.39 is 0 Å². The smallest absolute Gasteiger partial charge is 0.237 e. The van der Waals surface area contributed by atoms with Gasteiger partial charge >= 0.3 is 0 Å². The molecule has 5 heteroatoms. The van der Waals surface area contributed by atoms with Crippen molar-refractivity contribution in [2.24, 2.45) is 5.92 Å². The highest BCUT2D eigenvalue weighted by Crippen LogP contribution is 2.36. The maximum absolute atomic E-state index is 11.3. The molecule has 1 saturated carbocycles. The van der Waals surface area contributed by atoms with Crippen LogP contribution in [0.5, 0.6) is 5.88 Å². The molecule has 5 nitrogen and oxygen atoms in total. The lowest BCUT2D eigenvalue weighted by Gasteiger charge is -2.11. The minimum atomic E-state index is 0.597. The normalized spacial score (nSPS) is 14.1. The molecule has 1 aromatic carbocycles. The van der Waals surface area contributed by atoms with Gasteiger partial charge in [0.2, 0.25) is 11.7 Å². The molecular weight excluding hydrogens is 302 g/mol. The average Bonchev–Trinajstić information content (AvgIpc) is 3.33. The number of hydrogen-bond donors (Lipinski definition) is 0. The Hall–Kier alpha value is -2.69. The minimum Gasteiger partial charge on any atom is -0.481 e. The van der Waals surface area contributed by atoms with Crippen LogP contribution < -0.4 is 4.74 Å². The molecule has 0 N–H and O–H groups in total. The Morgan fingerprint density at radius 3 is 2.79 bits per heavy atom. The second kappa shape index (κ2) is 5.74. The summed E-state index contributed by atoms with van der Waals surface area (Å²) in [6.07, 6.45) is 6.37. The number of rotatable bonds is 5. The number of carbonyl (C=O) groups is 1. The van der Waals surface area contributed by atoms with Gasteiger partial charge in [0.05, 0.1) is 12.8 Å². The molecule has 0 unspecified atom stereocenters. The molecule has 0 spiro atoms. The summed E-state index contributed by atoms with van der Waals surface area (Å²) in [5.41, 5.74) is 4.45. The van der Waals surface area contributed by atoms with Crippen LogP contribution >= 0.6 is 0 Å². The predicted molar refractivity (Wildman–Crippen MR) is 91.5 cm³/mol. The van der Waals surface area contributed by atoms with E-state index in [9.17, 15) is 4.79 Å². The van der Waals surface area contributed by atoms with E-state index in [1.165, 1.54) is 12.8 Å². The lowest BCUT2D eigenvalue weighted by atomic mass is 10.1. The fourth-order valence-electron chi connectivity index (χ4n) is 3.13. The lowest BCUT2D eigenvalue weighted by molar-refractivity contribution is 0.112. The number of hydrogen-bond acceptors (Lipinski definition) is 4. The van der Waals surface area contributed by atoms with Crippen LogP contribution in [0.25, 0.3) is 17.0 Å². The van der Waals surface area contributed by atoms with Crippen molar-refractivity contribution in [3.63, 3.8) is 0 Å². The highest BCUT2D eigenvalue weighted by atomic mass is 16.5. The Morgan fingerprint density at radius 1 is 1.29 bits per heavy atom. The van der Waals surface area contributed by atoms with Gasteiger partial charge in [-0.15, -0.1) is 0 Å². The molecule has 3 aromatic rings. The van der Waals surface area contributed by atoms with E-state index in [2.05, 4.69) is 16.9 Å². The standard InChI is InChI=1S/C19H19N3O2/c1-12-16(9-13-7-8-13)18(24-2)21-19-20-17(10-22(12)19)15-6-4-3-5-14(15)11-23/h3-6,10-11,13H,7-9H2,1-2H3. The summed E-state index contributed by atoms with van der Waals surface area (Å²) in [6, 6.07) is 7.46. The van der Waals surface area contributed by atoms with E-state index >= 15 is 0 Å². The second-order valence-electron chi connectivity index (χ2n) is 6.33. The lowest BCUT2D eigenvalue weighted by Crippen LogP contribution is -2.05. The molecule has 4 rings (SSSR count). The SMILES string of the molecule is COc1nc2nc(-c3ccccc3C=O)cn2c(C)c1CC1CC1. The van der Waals surface area contributed by atoms with Gasteiger partial charge in [-0.2, -0.15) is 4.98 Å². The van der Waals surface area contributed by atoms with E-state index in [1.807, 2.05) is 28.8 Å². The van der Waals surface area contributed by atoms with Gasteiger partial charge in [-0.05, 0) is 32.1 Å². The van der Waals surface area contributed by atoms with E-state index in [1.54, 1.807) is 13.2 Å². The van der Waals surface area contributed by atoms with Gasteiger partial charge in [0.15, 0.2) is 6.29 Å². The molecule has 122 valence electrons. The minimum absolute atomic E-state index is 0.597. The van der Waals surface area contributed by atoms with Gasteiger partial charge < -0.3 is 4.74 Å². The van der Waals surface area contributed by atoms with E-state index in [0.29, 0.717) is 17.2 Å². The van der Waals surface area contributed by atoms with Crippen LogP contribution in [0.4, 0.5) is 0 Å². The highest BCUT2D eigenvalue weighted by Gasteiger charge is 2.26. The fraction of sp³-hybridized carbons (Fsp3) is 0.316. The molecule has 2 aromatic heterocycles. The van der Waals surface area contributed by atoms with Crippen LogP contribution in [0, 0.1) is 12.8 Å². The summed E-state index contributed by atoms with van der Waals surface area (Å²) in [6.45, 7) is 2.08. The van der Waals surface area contributed by atoms with E-state index in [0.717, 1.165) is 41.1 Å². The molecule has 0 bridgehead atoms. The maximum atomic E-state index is 11.3. The molecule has 0 saturated heterocycles. The Bertz CT molecular complexity index is 926. The average molecular weight is 321 g/mol. The third-order valence-electron chi connectivity index (χ3n) is 4.69. The van der Waals surface area contributed by atoms with Crippen LogP contribution in [-0.4, -0.2) is 27.8 Å². The zero-order chi connectivity index (χ0) is 16.7. The van der Waals surface area contributed by atoms with Crippen molar-refractivity contribution in [1.29, 1.82) is 0 Å². The van der Waals surface area contributed by atoms with Crippen LogP contribution in [0.15, 0.2) is 30.5 Å². The first-order valence-corrected chi connectivity index (χ1v) is 8.18. The molecule has 1 aliphatic rings. The summed E-state index contributed by atoms with van der Waals surface area (Å²) in [5.74, 6) is 2.00. The largest absolute Gasteiger partial charge is 0.481 e. The van der Waals surface area contributed by atoms with E-state index in [4.69, 9.17) is 4.74 Å². The summed E-state index contributed by atoms with van der Waals surface area (Å²) in [7, 11) is 1.65. The van der Waals surface area contributed by atoms with Crippen LogP contribution in [0.3, 0.4) is 0 Å². The number of ether oxygens (including phenoxy) is 1. The van der Waals surface area contributed by atoms with Crippen LogP contribution in [0.2, 0.25) is 0 Å². The van der Waals surface area contributed by atoms with Crippen LogP contribution in [0.1, 0.15) is 34.5 Å². The van der Waals surface area contributed by atoms with Crippen molar-refractivity contribution in [2.75, 3.05) is 7.11 Å².